The van der Waals surface area contributed by atoms with Gasteiger partial charge >= 0.3 is 0 Å². The zero-order chi connectivity index (χ0) is 22.9. The highest BCUT2D eigenvalue weighted by Gasteiger charge is 2.26. The van der Waals surface area contributed by atoms with Crippen LogP contribution in [0.2, 0.25) is 19.6 Å². The van der Waals surface area contributed by atoms with Gasteiger partial charge in [-0.25, -0.2) is 9.50 Å². The van der Waals surface area contributed by atoms with Gasteiger partial charge < -0.3 is 15.2 Å². The molecule has 0 aliphatic heterocycles. The Labute approximate surface area is 190 Å². The van der Waals surface area contributed by atoms with Crippen LogP contribution in [-0.2, 0) is 10.9 Å². The highest BCUT2D eigenvalue weighted by Crippen LogP contribution is 2.37. The summed E-state index contributed by atoms with van der Waals surface area (Å²) in [6, 6.07) is 2.29. The lowest BCUT2D eigenvalue weighted by atomic mass is 9.85. The fourth-order valence-electron chi connectivity index (χ4n) is 4.45. The van der Waals surface area contributed by atoms with Gasteiger partial charge in [0.25, 0.3) is 0 Å². The molecule has 1 saturated carbocycles. The molecule has 0 aromatic carbocycles. The summed E-state index contributed by atoms with van der Waals surface area (Å²) in [4.78, 5) is 4.57. The Morgan fingerprint density at radius 3 is 2.69 bits per heavy atom. The van der Waals surface area contributed by atoms with Gasteiger partial charge in [0, 0.05) is 36.5 Å². The van der Waals surface area contributed by atoms with Crippen molar-refractivity contribution in [3.8, 4) is 11.3 Å². The number of methoxy groups -OCH3 is 1. The lowest BCUT2D eigenvalue weighted by Crippen LogP contribution is -2.28. The lowest BCUT2D eigenvalue weighted by Gasteiger charge is -2.25. The molecule has 3 aromatic heterocycles. The van der Waals surface area contributed by atoms with E-state index in [0.717, 1.165) is 54.3 Å². The van der Waals surface area contributed by atoms with E-state index in [1.54, 1.807) is 7.11 Å². The normalized spacial score (nSPS) is 20.6. The minimum atomic E-state index is -1.31. The predicted molar refractivity (Wildman–Crippen MR) is 128 cm³/mol. The summed E-state index contributed by atoms with van der Waals surface area (Å²) in [5.41, 5.74) is 3.92. The number of anilines is 1. The first-order chi connectivity index (χ1) is 15.2. The van der Waals surface area contributed by atoms with Crippen molar-refractivity contribution in [3.63, 3.8) is 0 Å². The van der Waals surface area contributed by atoms with E-state index in [1.807, 2.05) is 28.5 Å². The van der Waals surface area contributed by atoms with Gasteiger partial charge in [-0.15, -0.1) is 10.2 Å². The Morgan fingerprint density at radius 2 is 2.00 bits per heavy atom. The second kappa shape index (κ2) is 9.28. The standard InChI is InChI=1S/C22H35N7O2Si/c1-15(13-31-2)24-22-23-11-21-18(19-12-28(27-25-19)14-32(3,4)5)10-20(29(21)26-22)16-6-8-17(30)9-7-16/h10-12,15-17,30H,6-9,13-14H2,1-5H3,(H,24,26)/t15-,16?,17?/m0/s1. The molecule has 1 aliphatic carbocycles. The Kier molecular flexibility index (Phi) is 6.64. The Hall–Kier alpha value is -2.30. The number of hydrogen-bond acceptors (Lipinski definition) is 7. The van der Waals surface area contributed by atoms with E-state index >= 15 is 0 Å². The summed E-state index contributed by atoms with van der Waals surface area (Å²) >= 11 is 0. The Bertz CT molecular complexity index is 1050. The van der Waals surface area contributed by atoms with Crippen LogP contribution < -0.4 is 5.32 Å². The molecule has 0 saturated heterocycles. The van der Waals surface area contributed by atoms with Gasteiger partial charge in [0.15, 0.2) is 0 Å². The molecule has 0 bridgehead atoms. The van der Waals surface area contributed by atoms with Crippen LogP contribution in [0.1, 0.15) is 44.2 Å². The second-order valence-corrected chi connectivity index (χ2v) is 15.7. The van der Waals surface area contributed by atoms with Crippen LogP contribution in [0.25, 0.3) is 16.8 Å². The number of aliphatic hydroxyl groups excluding tert-OH is 1. The first-order valence-electron chi connectivity index (χ1n) is 11.5. The largest absolute Gasteiger partial charge is 0.393 e. The average Bonchev–Trinajstić information content (AvgIpc) is 3.31. The summed E-state index contributed by atoms with van der Waals surface area (Å²) in [5, 5.41) is 27.0. The minimum absolute atomic E-state index is 0.0993. The van der Waals surface area contributed by atoms with Crippen LogP contribution in [0.15, 0.2) is 18.5 Å². The Balaban J connectivity index is 1.73. The average molecular weight is 458 g/mol. The van der Waals surface area contributed by atoms with Crippen LogP contribution in [0.3, 0.4) is 0 Å². The van der Waals surface area contributed by atoms with Crippen molar-refractivity contribution in [1.82, 2.24) is 29.6 Å². The van der Waals surface area contributed by atoms with Crippen LogP contribution in [-0.4, -0.2) is 68.6 Å². The molecule has 0 radical (unpaired) electrons. The molecular formula is C22H35N7O2Si. The fraction of sp³-hybridized carbons (Fsp3) is 0.636. The smallest absolute Gasteiger partial charge is 0.241 e. The third kappa shape index (κ3) is 5.19. The van der Waals surface area contributed by atoms with E-state index in [2.05, 4.69) is 46.3 Å². The van der Waals surface area contributed by atoms with Gasteiger partial charge in [0.05, 0.1) is 38.7 Å². The molecule has 1 fully saturated rings. The van der Waals surface area contributed by atoms with Crippen molar-refractivity contribution in [1.29, 1.82) is 0 Å². The molecule has 2 N–H and O–H groups in total. The number of rotatable bonds is 8. The molecule has 1 atom stereocenters. The fourth-order valence-corrected chi connectivity index (χ4v) is 5.57. The molecule has 9 nitrogen and oxygen atoms in total. The number of nitrogens with zero attached hydrogens (tertiary/aromatic N) is 6. The molecule has 4 rings (SSSR count). The number of aromatic nitrogens is 6. The number of nitrogens with one attached hydrogen (secondary N) is 1. The highest BCUT2D eigenvalue weighted by atomic mass is 28.3. The zero-order valence-electron chi connectivity index (χ0n) is 19.7. The third-order valence-corrected chi connectivity index (χ3v) is 7.18. The maximum Gasteiger partial charge on any atom is 0.241 e. The van der Waals surface area contributed by atoms with Gasteiger partial charge in [-0.05, 0) is 38.7 Å². The van der Waals surface area contributed by atoms with Crippen molar-refractivity contribution < 1.29 is 9.84 Å². The van der Waals surface area contributed by atoms with Crippen molar-refractivity contribution in [2.75, 3.05) is 19.0 Å². The van der Waals surface area contributed by atoms with Crippen molar-refractivity contribution in [2.24, 2.45) is 0 Å². The maximum atomic E-state index is 9.99. The molecule has 3 heterocycles. The van der Waals surface area contributed by atoms with E-state index < -0.39 is 8.07 Å². The molecule has 32 heavy (non-hydrogen) atoms. The summed E-state index contributed by atoms with van der Waals surface area (Å²) in [6.45, 7) is 9.59. The summed E-state index contributed by atoms with van der Waals surface area (Å²) in [6.07, 6.45) is 8.17. The number of fused-ring (bicyclic) bond motifs is 1. The molecule has 1 aliphatic rings. The van der Waals surface area contributed by atoms with Crippen LogP contribution in [0.5, 0.6) is 0 Å². The number of aliphatic hydroxyl groups is 1. The predicted octanol–water partition coefficient (Wildman–Crippen LogP) is 3.33. The van der Waals surface area contributed by atoms with Gasteiger partial charge in [-0.2, -0.15) is 0 Å². The monoisotopic (exact) mass is 457 g/mol. The highest BCUT2D eigenvalue weighted by molar-refractivity contribution is 6.74. The maximum absolute atomic E-state index is 9.99. The summed E-state index contributed by atoms with van der Waals surface area (Å²) in [5.74, 6) is 0.916. The van der Waals surface area contributed by atoms with Gasteiger partial charge in [-0.1, -0.05) is 24.9 Å². The molecule has 0 amide bonds. The van der Waals surface area contributed by atoms with E-state index in [4.69, 9.17) is 9.84 Å². The first-order valence-corrected chi connectivity index (χ1v) is 15.2. The molecule has 0 unspecified atom stereocenters. The summed E-state index contributed by atoms with van der Waals surface area (Å²) < 4.78 is 9.19. The van der Waals surface area contributed by atoms with Crippen molar-refractivity contribution >= 4 is 19.5 Å². The molecule has 0 spiro atoms. The lowest BCUT2D eigenvalue weighted by molar-refractivity contribution is 0.121. The minimum Gasteiger partial charge on any atom is -0.393 e. The van der Waals surface area contributed by atoms with Crippen LogP contribution >= 0.6 is 0 Å². The van der Waals surface area contributed by atoms with Gasteiger partial charge in [0.2, 0.25) is 5.95 Å². The number of ether oxygens (including phenoxy) is 1. The summed E-state index contributed by atoms with van der Waals surface area (Å²) in [7, 11) is 0.377. The SMILES string of the molecule is COC[C@H](C)Nc1ncc2c(-c3cn(C[Si](C)(C)C)nn3)cc(C3CCC(O)CC3)n2n1. The van der Waals surface area contributed by atoms with E-state index in [-0.39, 0.29) is 12.1 Å². The van der Waals surface area contributed by atoms with Crippen molar-refractivity contribution in [3.05, 3.63) is 24.2 Å². The Morgan fingerprint density at radius 1 is 1.25 bits per heavy atom. The topological polar surface area (TPSA) is 102 Å². The quantitative estimate of drug-likeness (QED) is 0.500. The molecule has 3 aromatic rings. The first kappa shape index (κ1) is 22.9. The van der Waals surface area contributed by atoms with Gasteiger partial charge in [-0.3, -0.25) is 4.68 Å². The molecule has 174 valence electrons. The zero-order valence-corrected chi connectivity index (χ0v) is 20.7. The van der Waals surface area contributed by atoms with E-state index in [9.17, 15) is 5.11 Å². The van der Waals surface area contributed by atoms with E-state index in [0.29, 0.717) is 18.5 Å². The molecule has 10 heteroatoms. The van der Waals surface area contributed by atoms with Crippen molar-refractivity contribution in [2.45, 2.75) is 76.5 Å². The molecular weight excluding hydrogens is 422 g/mol. The van der Waals surface area contributed by atoms with Crippen LogP contribution in [0.4, 0.5) is 5.95 Å². The van der Waals surface area contributed by atoms with Gasteiger partial charge in [0.1, 0.15) is 5.69 Å². The number of hydrogen-bond donors (Lipinski definition) is 2. The van der Waals surface area contributed by atoms with E-state index in [1.165, 1.54) is 0 Å². The van der Waals surface area contributed by atoms with Crippen LogP contribution in [0, 0.1) is 0 Å². The second-order valence-electron chi connectivity index (χ2n) is 10.2. The third-order valence-electron chi connectivity index (χ3n) is 5.90.